The van der Waals surface area contributed by atoms with E-state index in [0.29, 0.717) is 48.7 Å². The van der Waals surface area contributed by atoms with Gasteiger partial charge >= 0.3 is 12.0 Å². The molecule has 1 fully saturated rings. The second-order valence-corrected chi connectivity index (χ2v) is 8.49. The molecule has 3 aromatic rings. The van der Waals surface area contributed by atoms with Crippen LogP contribution in [0.5, 0.6) is 23.3 Å². The molecular weight excluding hydrogens is 478 g/mol. The molecule has 0 amide bonds. The zero-order valence-electron chi connectivity index (χ0n) is 20.1. The van der Waals surface area contributed by atoms with Crippen molar-refractivity contribution < 1.29 is 33.6 Å². The maximum atomic E-state index is 13.2. The second-order valence-electron chi connectivity index (χ2n) is 8.49. The molecule has 3 heterocycles. The lowest BCUT2D eigenvalue weighted by atomic mass is 9.86. The predicted molar refractivity (Wildman–Crippen MR) is 131 cm³/mol. The minimum absolute atomic E-state index is 0.105. The number of Topliss-reactive ketones (excluding diaryl/α,β-unsaturated/α-hetero) is 1. The van der Waals surface area contributed by atoms with Gasteiger partial charge in [-0.3, -0.25) is 9.59 Å². The summed E-state index contributed by atoms with van der Waals surface area (Å²) in [4.78, 5) is 35.7. The molecule has 0 bridgehead atoms. The highest BCUT2D eigenvalue weighted by molar-refractivity contribution is 6.12. The summed E-state index contributed by atoms with van der Waals surface area (Å²) in [5.74, 6) is -0.777. The van der Waals surface area contributed by atoms with Crippen molar-refractivity contribution in [2.75, 3.05) is 33.4 Å². The fourth-order valence-corrected chi connectivity index (χ4v) is 4.34. The zero-order chi connectivity index (χ0) is 25.8. The summed E-state index contributed by atoms with van der Waals surface area (Å²) in [5, 5.41) is 10.9. The molecule has 2 aliphatic rings. The summed E-state index contributed by atoms with van der Waals surface area (Å²) >= 11 is 0. The highest BCUT2D eigenvalue weighted by Crippen LogP contribution is 2.46. The molecule has 2 aromatic carbocycles. The molecule has 37 heavy (non-hydrogen) atoms. The van der Waals surface area contributed by atoms with Crippen LogP contribution >= 0.6 is 0 Å². The fourth-order valence-electron chi connectivity index (χ4n) is 4.34. The van der Waals surface area contributed by atoms with Gasteiger partial charge in [-0.15, -0.1) is 0 Å². The molecule has 10 heteroatoms. The average Bonchev–Trinajstić information content (AvgIpc) is 3.23. The number of phenolic OH excluding ortho intramolecular Hbond substituents is 1. The molecule has 0 saturated carbocycles. The third kappa shape index (κ3) is 5.24. The number of methoxy groups -OCH3 is 1. The Morgan fingerprint density at radius 3 is 2.70 bits per heavy atom. The number of allylic oxidation sites excluding steroid dienone is 1. The van der Waals surface area contributed by atoms with Gasteiger partial charge in [0, 0.05) is 43.2 Å². The summed E-state index contributed by atoms with van der Waals surface area (Å²) in [6, 6.07) is 11.8. The van der Waals surface area contributed by atoms with Gasteiger partial charge in [-0.2, -0.15) is 0 Å². The van der Waals surface area contributed by atoms with Gasteiger partial charge in [0.1, 0.15) is 17.2 Å². The average molecular weight is 504 g/mol. The third-order valence-corrected chi connectivity index (χ3v) is 6.16. The van der Waals surface area contributed by atoms with E-state index in [-0.39, 0.29) is 35.5 Å². The zero-order valence-corrected chi connectivity index (χ0v) is 20.1. The molecule has 0 radical (unpaired) electrons. The number of ketones is 1. The van der Waals surface area contributed by atoms with Gasteiger partial charge in [-0.25, -0.2) is 9.97 Å². The molecule has 10 nitrogen and oxygen atoms in total. The standard InChI is InChI=1S/C27H25N3O7/c1-34-23(32)15-20(17-4-2-5-18(14-17)36-27-28-8-3-9-29-27)24-21(31)7-6-19-25(33)22(37-26(19)24)16-30-10-12-35-13-11-30/h2-9,14,16,20,31H,10-13,15H2,1H3. The predicted octanol–water partition coefficient (Wildman–Crippen LogP) is 3.42. The number of fused-ring (bicyclic) bond motifs is 1. The molecule has 5 rings (SSSR count). The summed E-state index contributed by atoms with van der Waals surface area (Å²) in [6.45, 7) is 2.39. The SMILES string of the molecule is COC(=O)CC(c1cccc(Oc2ncccn2)c1)c1c(O)ccc2c1OC(=CN1CCOCC1)C2=O. The third-order valence-electron chi connectivity index (χ3n) is 6.16. The Balaban J connectivity index is 1.53. The van der Waals surface area contributed by atoms with Crippen molar-refractivity contribution >= 4 is 11.8 Å². The van der Waals surface area contributed by atoms with Gasteiger partial charge in [0.25, 0.3) is 0 Å². The molecule has 190 valence electrons. The number of rotatable bonds is 7. The van der Waals surface area contributed by atoms with Crippen molar-refractivity contribution in [1.82, 2.24) is 14.9 Å². The number of ether oxygens (including phenoxy) is 4. The first-order valence-electron chi connectivity index (χ1n) is 11.8. The summed E-state index contributed by atoms with van der Waals surface area (Å²) < 4.78 is 22.1. The number of morpholine rings is 1. The Bertz CT molecular complexity index is 1340. The number of aromatic nitrogens is 2. The van der Waals surface area contributed by atoms with Crippen LogP contribution in [0.4, 0.5) is 0 Å². The van der Waals surface area contributed by atoms with Crippen LogP contribution < -0.4 is 9.47 Å². The van der Waals surface area contributed by atoms with Crippen molar-refractivity contribution in [2.45, 2.75) is 12.3 Å². The van der Waals surface area contributed by atoms with Crippen molar-refractivity contribution in [2.24, 2.45) is 0 Å². The van der Waals surface area contributed by atoms with E-state index in [9.17, 15) is 14.7 Å². The van der Waals surface area contributed by atoms with Crippen LogP contribution in [-0.4, -0.2) is 65.1 Å². The van der Waals surface area contributed by atoms with Crippen LogP contribution in [0.2, 0.25) is 0 Å². The summed E-state index contributed by atoms with van der Waals surface area (Å²) in [5.41, 5.74) is 1.27. The highest BCUT2D eigenvalue weighted by atomic mass is 16.5. The van der Waals surface area contributed by atoms with E-state index < -0.39 is 11.9 Å². The van der Waals surface area contributed by atoms with Gasteiger partial charge < -0.3 is 29.0 Å². The molecular formula is C27H25N3O7. The van der Waals surface area contributed by atoms with Gasteiger partial charge in [-0.05, 0) is 35.9 Å². The minimum Gasteiger partial charge on any atom is -0.508 e. The number of hydrogen-bond acceptors (Lipinski definition) is 10. The maximum Gasteiger partial charge on any atom is 0.321 e. The van der Waals surface area contributed by atoms with E-state index in [4.69, 9.17) is 18.9 Å². The summed E-state index contributed by atoms with van der Waals surface area (Å²) in [7, 11) is 1.30. The van der Waals surface area contributed by atoms with Crippen molar-refractivity contribution in [3.63, 3.8) is 0 Å². The topological polar surface area (TPSA) is 120 Å². The molecule has 1 unspecified atom stereocenters. The first kappa shape index (κ1) is 24.3. The minimum atomic E-state index is -0.696. The smallest absolute Gasteiger partial charge is 0.321 e. The van der Waals surface area contributed by atoms with Gasteiger partial charge in [0.2, 0.25) is 5.78 Å². The van der Waals surface area contributed by atoms with Gasteiger partial charge in [-0.1, -0.05) is 12.1 Å². The first-order chi connectivity index (χ1) is 18.0. The maximum absolute atomic E-state index is 13.2. The van der Waals surface area contributed by atoms with Crippen LogP contribution in [-0.2, 0) is 14.3 Å². The number of nitrogens with zero attached hydrogens (tertiary/aromatic N) is 3. The Labute approximate surface area is 213 Å². The molecule has 1 N–H and O–H groups in total. The van der Waals surface area contributed by atoms with Crippen LogP contribution in [0.15, 0.2) is 66.8 Å². The van der Waals surface area contributed by atoms with Crippen molar-refractivity contribution in [1.29, 1.82) is 0 Å². The number of carbonyl (C=O) groups excluding carboxylic acids is 2. The normalized spacial score (nSPS) is 16.7. The van der Waals surface area contributed by atoms with E-state index in [2.05, 4.69) is 9.97 Å². The number of phenols is 1. The van der Waals surface area contributed by atoms with E-state index in [1.807, 2.05) is 4.90 Å². The molecule has 2 aliphatic heterocycles. The second kappa shape index (κ2) is 10.7. The lowest BCUT2D eigenvalue weighted by Crippen LogP contribution is -2.32. The van der Waals surface area contributed by atoms with Crippen molar-refractivity contribution in [3.8, 4) is 23.3 Å². The Morgan fingerprint density at radius 1 is 1.16 bits per heavy atom. The number of aromatic hydroxyl groups is 1. The lowest BCUT2D eigenvalue weighted by molar-refractivity contribution is -0.140. The monoisotopic (exact) mass is 503 g/mol. The van der Waals surface area contributed by atoms with Crippen LogP contribution in [0.3, 0.4) is 0 Å². The quantitative estimate of drug-likeness (QED) is 0.379. The van der Waals surface area contributed by atoms with Crippen LogP contribution in [0.25, 0.3) is 0 Å². The Hall–Kier alpha value is -4.44. The Kier molecular flexibility index (Phi) is 7.00. The Morgan fingerprint density at radius 2 is 1.95 bits per heavy atom. The number of carbonyl (C=O) groups is 2. The van der Waals surface area contributed by atoms with E-state index >= 15 is 0 Å². The number of hydrogen-bond donors (Lipinski definition) is 1. The first-order valence-corrected chi connectivity index (χ1v) is 11.8. The van der Waals surface area contributed by atoms with Gasteiger partial charge in [0.15, 0.2) is 5.76 Å². The van der Waals surface area contributed by atoms with E-state index in [1.165, 1.54) is 19.2 Å². The van der Waals surface area contributed by atoms with E-state index in [0.717, 1.165) is 0 Å². The lowest BCUT2D eigenvalue weighted by Gasteiger charge is -2.25. The molecule has 0 spiro atoms. The fraction of sp³-hybridized carbons (Fsp3) is 0.259. The van der Waals surface area contributed by atoms with E-state index in [1.54, 1.807) is 48.9 Å². The van der Waals surface area contributed by atoms with Crippen molar-refractivity contribution in [3.05, 3.63) is 83.5 Å². The number of benzene rings is 2. The van der Waals surface area contributed by atoms with Gasteiger partial charge in [0.05, 0.1) is 32.3 Å². The molecule has 0 aliphatic carbocycles. The largest absolute Gasteiger partial charge is 0.508 e. The van der Waals surface area contributed by atoms with Crippen LogP contribution in [0, 0.1) is 0 Å². The molecule has 1 saturated heterocycles. The molecule has 1 atom stereocenters. The van der Waals surface area contributed by atoms with Crippen LogP contribution in [0.1, 0.15) is 33.8 Å². The molecule has 1 aromatic heterocycles. The number of esters is 1. The highest BCUT2D eigenvalue weighted by Gasteiger charge is 2.36. The summed E-state index contributed by atoms with van der Waals surface area (Å²) in [6.07, 6.45) is 4.70.